The molecule has 8 nitrogen and oxygen atoms in total. The van der Waals surface area contributed by atoms with Crippen LogP contribution < -0.4 is 9.46 Å². The van der Waals surface area contributed by atoms with Gasteiger partial charge in [0.2, 0.25) is 0 Å². The zero-order chi connectivity index (χ0) is 28.1. The van der Waals surface area contributed by atoms with Crippen LogP contribution in [0.25, 0.3) is 11.0 Å². The Bertz CT molecular complexity index is 1500. The lowest BCUT2D eigenvalue weighted by Gasteiger charge is -2.10. The molecule has 0 amide bonds. The highest BCUT2D eigenvalue weighted by Gasteiger charge is 2.46. The Kier molecular flexibility index (Phi) is 8.19. The molecule has 0 saturated carbocycles. The standard InChI is InChI=1S/C21H16F3N3O3S.C2HF3O2/c22-21(23,24)31(28,29)27-15-8-11-18-19(13-15)26-20(25-18)12-14-6-9-17(10-7-14)30-16-4-2-1-3-5-16;3-2(4,5)1(6)7/h1-11,13,27H,12H2,(H,25,26);(H,6,7). The first kappa shape index (κ1) is 28.3. The van der Waals surface area contributed by atoms with Crippen LogP contribution in [0, 0.1) is 0 Å². The van der Waals surface area contributed by atoms with E-state index in [4.69, 9.17) is 14.6 Å². The normalized spacial score (nSPS) is 11.9. The van der Waals surface area contributed by atoms with Crippen LogP contribution in [-0.2, 0) is 21.2 Å². The quantitative estimate of drug-likeness (QED) is 0.254. The van der Waals surface area contributed by atoms with Gasteiger partial charge in [-0.15, -0.1) is 0 Å². The largest absolute Gasteiger partial charge is 0.516 e. The monoisotopic (exact) mass is 561 g/mol. The third-order valence-electron chi connectivity index (χ3n) is 4.60. The Morgan fingerprint density at radius 3 is 2.05 bits per heavy atom. The number of aromatic nitrogens is 2. The van der Waals surface area contributed by atoms with Crippen molar-refractivity contribution in [2.45, 2.75) is 18.1 Å². The molecular formula is C23H17F6N3O5S. The molecule has 0 saturated heterocycles. The van der Waals surface area contributed by atoms with Crippen LogP contribution in [0.3, 0.4) is 0 Å². The molecule has 3 N–H and O–H groups in total. The van der Waals surface area contributed by atoms with Crippen LogP contribution >= 0.6 is 0 Å². The zero-order valence-corrected chi connectivity index (χ0v) is 19.7. The number of imidazole rings is 1. The van der Waals surface area contributed by atoms with Gasteiger partial charge in [0.15, 0.2) is 0 Å². The zero-order valence-electron chi connectivity index (χ0n) is 18.8. The summed E-state index contributed by atoms with van der Waals surface area (Å²) in [5.41, 5.74) is -3.73. The van der Waals surface area contributed by atoms with E-state index in [9.17, 15) is 34.8 Å². The maximum absolute atomic E-state index is 12.6. The van der Waals surface area contributed by atoms with Crippen molar-refractivity contribution >= 4 is 32.7 Å². The number of hydrogen-bond acceptors (Lipinski definition) is 5. The maximum Gasteiger partial charge on any atom is 0.516 e. The number of para-hydroxylation sites is 1. The molecule has 0 bridgehead atoms. The SMILES string of the molecule is O=C(O)C(F)(F)F.O=S(=O)(Nc1ccc2nc(Cc3ccc(Oc4ccccc4)cc3)[nH]c2c1)C(F)(F)F. The number of alkyl halides is 6. The third-order valence-corrected chi connectivity index (χ3v) is 5.72. The molecule has 4 rings (SSSR count). The highest BCUT2D eigenvalue weighted by atomic mass is 32.2. The minimum Gasteiger partial charge on any atom is -0.475 e. The summed E-state index contributed by atoms with van der Waals surface area (Å²) in [6.07, 6.45) is -4.64. The molecule has 0 aliphatic heterocycles. The van der Waals surface area contributed by atoms with E-state index in [1.807, 2.05) is 54.6 Å². The summed E-state index contributed by atoms with van der Waals surface area (Å²) < 4.78 is 99.2. The van der Waals surface area contributed by atoms with Crippen molar-refractivity contribution in [1.82, 2.24) is 9.97 Å². The number of rotatable bonds is 6. The summed E-state index contributed by atoms with van der Waals surface area (Å²) in [6.45, 7) is 0. The van der Waals surface area contributed by atoms with Gasteiger partial charge in [-0.1, -0.05) is 30.3 Å². The molecule has 0 spiro atoms. The van der Waals surface area contributed by atoms with Crippen LogP contribution in [-0.4, -0.2) is 41.1 Å². The van der Waals surface area contributed by atoms with Crippen molar-refractivity contribution in [3.63, 3.8) is 0 Å². The van der Waals surface area contributed by atoms with Crippen LogP contribution in [0.4, 0.5) is 32.0 Å². The van der Waals surface area contributed by atoms with Crippen molar-refractivity contribution in [1.29, 1.82) is 0 Å². The lowest BCUT2D eigenvalue weighted by atomic mass is 10.1. The van der Waals surface area contributed by atoms with Gasteiger partial charge in [0.05, 0.1) is 16.7 Å². The summed E-state index contributed by atoms with van der Waals surface area (Å²) in [7, 11) is -5.48. The van der Waals surface area contributed by atoms with E-state index in [1.54, 1.807) is 0 Å². The fourth-order valence-electron chi connectivity index (χ4n) is 2.92. The smallest absolute Gasteiger partial charge is 0.475 e. The average molecular weight is 561 g/mol. The highest BCUT2D eigenvalue weighted by Crippen LogP contribution is 2.27. The van der Waals surface area contributed by atoms with Gasteiger partial charge in [-0.25, -0.2) is 9.78 Å². The van der Waals surface area contributed by atoms with Gasteiger partial charge < -0.3 is 14.8 Å². The Labute approximate surface area is 210 Å². The summed E-state index contributed by atoms with van der Waals surface area (Å²) in [5.74, 6) is -0.763. The molecule has 1 aromatic heterocycles. The lowest BCUT2D eigenvalue weighted by Crippen LogP contribution is -2.29. The van der Waals surface area contributed by atoms with Crippen LogP contribution in [0.2, 0.25) is 0 Å². The summed E-state index contributed by atoms with van der Waals surface area (Å²) in [5, 5.41) is 7.12. The van der Waals surface area contributed by atoms with E-state index in [1.165, 1.54) is 22.9 Å². The number of sulfonamides is 1. The second kappa shape index (κ2) is 11.0. The predicted octanol–water partition coefficient (Wildman–Crippen LogP) is 5.84. The number of hydrogen-bond donors (Lipinski definition) is 3. The number of ether oxygens (including phenoxy) is 1. The number of nitrogens with one attached hydrogen (secondary N) is 2. The fourth-order valence-corrected chi connectivity index (χ4v) is 3.47. The van der Waals surface area contributed by atoms with Crippen molar-refractivity contribution < 1.29 is 49.4 Å². The number of benzene rings is 3. The first-order valence-corrected chi connectivity index (χ1v) is 11.8. The first-order chi connectivity index (χ1) is 17.6. The number of carboxylic acids is 1. The van der Waals surface area contributed by atoms with E-state index < -0.39 is 27.7 Å². The third kappa shape index (κ3) is 7.61. The van der Waals surface area contributed by atoms with Crippen LogP contribution in [0.1, 0.15) is 11.4 Å². The van der Waals surface area contributed by atoms with Gasteiger partial charge in [0.25, 0.3) is 0 Å². The molecule has 4 aromatic rings. The first-order valence-electron chi connectivity index (χ1n) is 10.3. The lowest BCUT2D eigenvalue weighted by molar-refractivity contribution is -0.192. The molecule has 38 heavy (non-hydrogen) atoms. The number of anilines is 1. The second-order valence-electron chi connectivity index (χ2n) is 7.51. The Morgan fingerprint density at radius 1 is 0.921 bits per heavy atom. The highest BCUT2D eigenvalue weighted by molar-refractivity contribution is 7.93. The maximum atomic E-state index is 12.6. The van der Waals surface area contributed by atoms with Crippen molar-refractivity contribution in [2.75, 3.05) is 4.72 Å². The van der Waals surface area contributed by atoms with Crippen LogP contribution in [0.5, 0.6) is 11.5 Å². The van der Waals surface area contributed by atoms with Gasteiger partial charge in [-0.05, 0) is 48.0 Å². The molecule has 0 atom stereocenters. The molecule has 0 unspecified atom stereocenters. The Balaban J connectivity index is 0.000000505. The van der Waals surface area contributed by atoms with Gasteiger partial charge >= 0.3 is 27.7 Å². The molecular weight excluding hydrogens is 544 g/mol. The van der Waals surface area contributed by atoms with Crippen LogP contribution in [0.15, 0.2) is 72.8 Å². The summed E-state index contributed by atoms with van der Waals surface area (Å²) >= 11 is 0. The number of carbonyl (C=O) groups is 1. The number of fused-ring (bicyclic) bond motifs is 1. The fraction of sp³-hybridized carbons (Fsp3) is 0.130. The summed E-state index contributed by atoms with van der Waals surface area (Å²) in [4.78, 5) is 16.3. The molecule has 0 aliphatic carbocycles. The minimum atomic E-state index is -5.48. The predicted molar refractivity (Wildman–Crippen MR) is 124 cm³/mol. The van der Waals surface area contributed by atoms with Crippen molar-refractivity contribution in [3.8, 4) is 11.5 Å². The molecule has 0 fully saturated rings. The molecule has 1 heterocycles. The Morgan fingerprint density at radius 2 is 1.50 bits per heavy atom. The molecule has 0 aliphatic rings. The molecule has 15 heteroatoms. The minimum absolute atomic E-state index is 0.206. The van der Waals surface area contributed by atoms with E-state index in [0.717, 1.165) is 11.3 Å². The molecule has 0 radical (unpaired) electrons. The van der Waals surface area contributed by atoms with E-state index in [0.29, 0.717) is 29.0 Å². The molecule has 3 aromatic carbocycles. The molecule has 202 valence electrons. The Hall–Kier alpha value is -4.27. The van der Waals surface area contributed by atoms with Gasteiger partial charge in [0, 0.05) is 6.42 Å². The van der Waals surface area contributed by atoms with Crippen molar-refractivity contribution in [2.24, 2.45) is 0 Å². The van der Waals surface area contributed by atoms with E-state index >= 15 is 0 Å². The summed E-state index contributed by atoms with van der Waals surface area (Å²) in [6, 6.07) is 20.7. The van der Waals surface area contributed by atoms with Gasteiger partial charge in [0.1, 0.15) is 17.3 Å². The number of aliphatic carboxylic acids is 1. The number of H-pyrrole nitrogens is 1. The number of aromatic amines is 1. The van der Waals surface area contributed by atoms with Gasteiger partial charge in [-0.2, -0.15) is 34.8 Å². The van der Waals surface area contributed by atoms with E-state index in [2.05, 4.69) is 9.97 Å². The average Bonchev–Trinajstić information content (AvgIpc) is 3.21. The van der Waals surface area contributed by atoms with Crippen molar-refractivity contribution in [3.05, 3.63) is 84.2 Å². The second-order valence-corrected chi connectivity index (χ2v) is 9.18. The topological polar surface area (TPSA) is 121 Å². The van der Waals surface area contributed by atoms with E-state index in [-0.39, 0.29) is 5.69 Å². The number of carboxylic acid groups (broad SMARTS) is 1. The van der Waals surface area contributed by atoms with Gasteiger partial charge in [-0.3, -0.25) is 4.72 Å². The number of nitrogens with zero attached hydrogens (tertiary/aromatic N) is 1. The number of halogens is 6.